The average Bonchev–Trinajstić information content (AvgIpc) is 2.16. The van der Waals surface area contributed by atoms with E-state index in [2.05, 4.69) is 20.4 Å². The molecule has 76 valence electrons. The van der Waals surface area contributed by atoms with E-state index < -0.39 is 0 Å². The lowest BCUT2D eigenvalue weighted by atomic mass is 9.93. The molecule has 0 radical (unpaired) electrons. The molecule has 0 fully saturated rings. The molecular formula is C13H18O. The van der Waals surface area contributed by atoms with Gasteiger partial charge in [-0.2, -0.15) is 0 Å². The molecule has 0 amide bonds. The molecule has 0 aliphatic rings. The van der Waals surface area contributed by atoms with Crippen LogP contribution in [0.1, 0.15) is 43.7 Å². The molecule has 1 aromatic rings. The molecule has 0 saturated heterocycles. The zero-order valence-corrected chi connectivity index (χ0v) is 9.12. The lowest BCUT2D eigenvalue weighted by molar-refractivity contribution is 0.456. The lowest BCUT2D eigenvalue weighted by Crippen LogP contribution is -1.95. The van der Waals surface area contributed by atoms with Crippen molar-refractivity contribution < 1.29 is 5.11 Å². The molecule has 14 heavy (non-hydrogen) atoms. The summed E-state index contributed by atoms with van der Waals surface area (Å²) >= 11 is 0. The van der Waals surface area contributed by atoms with Crippen molar-refractivity contribution in [2.24, 2.45) is 0 Å². The molecule has 1 N–H and O–H groups in total. The Balaban J connectivity index is 3.20. The second kappa shape index (κ2) is 4.32. The Bertz CT molecular complexity index is 326. The lowest BCUT2D eigenvalue weighted by Gasteiger charge is -2.14. The maximum Gasteiger partial charge on any atom is 0.122 e. The normalized spacial score (nSPS) is 12.9. The summed E-state index contributed by atoms with van der Waals surface area (Å²) in [6, 6.07) is 5.91. The fraction of sp³-hybridized carbons (Fsp3) is 0.385. The van der Waals surface area contributed by atoms with Crippen LogP contribution in [-0.4, -0.2) is 5.11 Å². The quantitative estimate of drug-likeness (QED) is 0.719. The maximum atomic E-state index is 10.0. The van der Waals surface area contributed by atoms with Crippen molar-refractivity contribution in [1.29, 1.82) is 0 Å². The van der Waals surface area contributed by atoms with Crippen LogP contribution in [-0.2, 0) is 0 Å². The smallest absolute Gasteiger partial charge is 0.122 e. The van der Waals surface area contributed by atoms with Crippen LogP contribution in [0.4, 0.5) is 0 Å². The van der Waals surface area contributed by atoms with Gasteiger partial charge in [0.15, 0.2) is 0 Å². The highest BCUT2D eigenvalue weighted by molar-refractivity contribution is 5.44. The van der Waals surface area contributed by atoms with Gasteiger partial charge in [-0.3, -0.25) is 0 Å². The van der Waals surface area contributed by atoms with Crippen LogP contribution in [0.5, 0.6) is 5.75 Å². The van der Waals surface area contributed by atoms with Crippen molar-refractivity contribution in [3.63, 3.8) is 0 Å². The number of para-hydroxylation sites is 1. The predicted octanol–water partition coefficient (Wildman–Crippen LogP) is 3.81. The number of rotatable bonds is 3. The minimum atomic E-state index is 0.202. The van der Waals surface area contributed by atoms with Crippen LogP contribution < -0.4 is 0 Å². The summed E-state index contributed by atoms with van der Waals surface area (Å²) < 4.78 is 0. The van der Waals surface area contributed by atoms with Gasteiger partial charge in [0, 0.05) is 11.5 Å². The first-order valence-corrected chi connectivity index (χ1v) is 5.02. The van der Waals surface area contributed by atoms with Crippen molar-refractivity contribution in [2.75, 3.05) is 0 Å². The van der Waals surface area contributed by atoms with Gasteiger partial charge in [0.1, 0.15) is 5.75 Å². The van der Waals surface area contributed by atoms with Crippen LogP contribution >= 0.6 is 0 Å². The molecule has 1 aromatic carbocycles. The van der Waals surface area contributed by atoms with Gasteiger partial charge >= 0.3 is 0 Å². The third kappa shape index (κ3) is 1.98. The molecule has 0 saturated carbocycles. The number of hydrogen-bond donors (Lipinski definition) is 1. The molecule has 0 unspecified atom stereocenters. The first-order chi connectivity index (χ1) is 6.57. The Morgan fingerprint density at radius 2 is 1.79 bits per heavy atom. The number of aromatic hydroxyl groups is 1. The third-order valence-electron chi connectivity index (χ3n) is 2.56. The Kier molecular flexibility index (Phi) is 3.34. The van der Waals surface area contributed by atoms with Gasteiger partial charge in [0.2, 0.25) is 0 Å². The van der Waals surface area contributed by atoms with Gasteiger partial charge < -0.3 is 5.11 Å². The molecule has 1 atom stereocenters. The van der Waals surface area contributed by atoms with E-state index in [1.807, 2.05) is 31.2 Å². The highest BCUT2D eigenvalue weighted by Crippen LogP contribution is 2.33. The van der Waals surface area contributed by atoms with E-state index in [0.29, 0.717) is 11.7 Å². The molecule has 0 bridgehead atoms. The van der Waals surface area contributed by atoms with Crippen molar-refractivity contribution in [3.05, 3.63) is 42.0 Å². The molecule has 0 heterocycles. The highest BCUT2D eigenvalue weighted by Gasteiger charge is 2.12. The summed E-state index contributed by atoms with van der Waals surface area (Å²) in [5.41, 5.74) is 1.97. The van der Waals surface area contributed by atoms with Crippen molar-refractivity contribution >= 4 is 0 Å². The van der Waals surface area contributed by atoms with Gasteiger partial charge in [-0.05, 0) is 11.5 Å². The van der Waals surface area contributed by atoms with E-state index in [1.54, 1.807) is 0 Å². The largest absolute Gasteiger partial charge is 0.507 e. The SMILES string of the molecule is C=C[C@H](C)c1cccc(C(C)C)c1O. The third-order valence-corrected chi connectivity index (χ3v) is 2.56. The summed E-state index contributed by atoms with van der Waals surface area (Å²) in [5.74, 6) is 0.982. The topological polar surface area (TPSA) is 20.2 Å². The van der Waals surface area contributed by atoms with E-state index in [-0.39, 0.29) is 5.92 Å². The van der Waals surface area contributed by atoms with Crippen molar-refractivity contribution in [3.8, 4) is 5.75 Å². The first-order valence-electron chi connectivity index (χ1n) is 5.02. The fourth-order valence-corrected chi connectivity index (χ4v) is 1.54. The Labute approximate surface area is 86.1 Å². The number of hydrogen-bond acceptors (Lipinski definition) is 1. The first kappa shape index (κ1) is 10.8. The molecule has 1 heteroatoms. The monoisotopic (exact) mass is 190 g/mol. The average molecular weight is 190 g/mol. The van der Waals surface area contributed by atoms with E-state index in [4.69, 9.17) is 0 Å². The Morgan fingerprint density at radius 1 is 1.21 bits per heavy atom. The van der Waals surface area contributed by atoms with E-state index in [1.165, 1.54) is 0 Å². The van der Waals surface area contributed by atoms with Crippen LogP contribution in [0.2, 0.25) is 0 Å². The number of allylic oxidation sites excluding steroid dienone is 1. The maximum absolute atomic E-state index is 10.0. The summed E-state index contributed by atoms with van der Waals surface area (Å²) in [4.78, 5) is 0. The van der Waals surface area contributed by atoms with E-state index in [9.17, 15) is 5.11 Å². The van der Waals surface area contributed by atoms with E-state index >= 15 is 0 Å². The minimum absolute atomic E-state index is 0.202. The zero-order valence-electron chi connectivity index (χ0n) is 9.12. The van der Waals surface area contributed by atoms with E-state index in [0.717, 1.165) is 11.1 Å². The van der Waals surface area contributed by atoms with Crippen LogP contribution in [0.15, 0.2) is 30.9 Å². The molecule has 1 rings (SSSR count). The second-order valence-electron chi connectivity index (χ2n) is 3.96. The molecular weight excluding hydrogens is 172 g/mol. The number of benzene rings is 1. The predicted molar refractivity (Wildman–Crippen MR) is 60.8 cm³/mol. The number of phenols is 1. The van der Waals surface area contributed by atoms with Gasteiger partial charge in [0.05, 0.1) is 0 Å². The van der Waals surface area contributed by atoms with Gasteiger partial charge in [-0.1, -0.05) is 45.0 Å². The van der Waals surface area contributed by atoms with Crippen LogP contribution in [0.25, 0.3) is 0 Å². The molecule has 0 spiro atoms. The second-order valence-corrected chi connectivity index (χ2v) is 3.96. The van der Waals surface area contributed by atoms with Gasteiger partial charge in [0.25, 0.3) is 0 Å². The molecule has 0 aliphatic carbocycles. The Morgan fingerprint density at radius 3 is 2.29 bits per heavy atom. The zero-order chi connectivity index (χ0) is 10.7. The standard InChI is InChI=1S/C13H18O/c1-5-10(4)12-8-6-7-11(9(2)3)13(12)14/h5-10,14H,1H2,2-4H3/t10-/m0/s1. The minimum Gasteiger partial charge on any atom is -0.507 e. The molecule has 1 nitrogen and oxygen atoms in total. The van der Waals surface area contributed by atoms with Gasteiger partial charge in [-0.25, -0.2) is 0 Å². The summed E-state index contributed by atoms with van der Waals surface area (Å²) in [6.07, 6.45) is 1.85. The number of phenolic OH excluding ortho intramolecular Hbond substituents is 1. The summed E-state index contributed by atoms with van der Waals surface area (Å²) in [7, 11) is 0. The molecule has 0 aromatic heterocycles. The summed E-state index contributed by atoms with van der Waals surface area (Å²) in [6.45, 7) is 9.94. The molecule has 0 aliphatic heterocycles. The fourth-order valence-electron chi connectivity index (χ4n) is 1.54. The Hall–Kier alpha value is -1.24. The van der Waals surface area contributed by atoms with Crippen molar-refractivity contribution in [2.45, 2.75) is 32.6 Å². The highest BCUT2D eigenvalue weighted by atomic mass is 16.3. The van der Waals surface area contributed by atoms with Crippen LogP contribution in [0, 0.1) is 0 Å². The van der Waals surface area contributed by atoms with Gasteiger partial charge in [-0.15, -0.1) is 6.58 Å². The summed E-state index contributed by atoms with van der Waals surface area (Å²) in [5, 5.41) is 10.0. The van der Waals surface area contributed by atoms with Crippen molar-refractivity contribution in [1.82, 2.24) is 0 Å². The van der Waals surface area contributed by atoms with Crippen LogP contribution in [0.3, 0.4) is 0 Å².